The van der Waals surface area contributed by atoms with E-state index in [9.17, 15) is 9.59 Å². The van der Waals surface area contributed by atoms with Gasteiger partial charge in [-0.1, -0.05) is 17.7 Å². The molecule has 1 aromatic rings. The molecular formula is C18H26ClN3O3. The third kappa shape index (κ3) is 4.86. The number of anilines is 1. The van der Waals surface area contributed by atoms with Crippen molar-refractivity contribution in [3.05, 3.63) is 29.3 Å². The van der Waals surface area contributed by atoms with Crippen molar-refractivity contribution in [2.75, 3.05) is 51.3 Å². The minimum Gasteiger partial charge on any atom is -0.383 e. The van der Waals surface area contributed by atoms with E-state index < -0.39 is 5.41 Å². The molecule has 2 rings (SSSR count). The van der Waals surface area contributed by atoms with Gasteiger partial charge in [-0.2, -0.15) is 0 Å². The fourth-order valence-corrected chi connectivity index (χ4v) is 3.01. The summed E-state index contributed by atoms with van der Waals surface area (Å²) in [5, 5.41) is 3.45. The van der Waals surface area contributed by atoms with Crippen molar-refractivity contribution in [3.63, 3.8) is 0 Å². The Morgan fingerprint density at radius 3 is 2.52 bits per heavy atom. The maximum atomic E-state index is 12.8. The third-order valence-electron chi connectivity index (χ3n) is 4.43. The molecule has 1 N–H and O–H groups in total. The van der Waals surface area contributed by atoms with Crippen LogP contribution < -0.4 is 10.2 Å². The van der Waals surface area contributed by atoms with Crippen molar-refractivity contribution in [2.24, 2.45) is 5.41 Å². The van der Waals surface area contributed by atoms with Crippen LogP contribution in [0.4, 0.5) is 5.69 Å². The van der Waals surface area contributed by atoms with E-state index in [1.165, 1.54) is 0 Å². The van der Waals surface area contributed by atoms with Crippen LogP contribution in [0.2, 0.25) is 5.02 Å². The number of amides is 2. The molecule has 0 unspecified atom stereocenters. The summed E-state index contributed by atoms with van der Waals surface area (Å²) >= 11 is 6.05. The van der Waals surface area contributed by atoms with E-state index in [-0.39, 0.29) is 11.8 Å². The molecule has 0 aliphatic carbocycles. The highest BCUT2D eigenvalue weighted by Gasteiger charge is 2.39. The second-order valence-corrected chi connectivity index (χ2v) is 7.07. The lowest BCUT2D eigenvalue weighted by Crippen LogP contribution is -2.55. The molecule has 2 amide bonds. The van der Waals surface area contributed by atoms with E-state index in [1.54, 1.807) is 25.9 Å². The first kappa shape index (κ1) is 19.5. The molecule has 7 heteroatoms. The SMILES string of the molecule is COCCNC(=O)C(C)(C)C(=O)N1CCN(c2cccc(Cl)c2)CC1. The normalized spacial score (nSPS) is 15.2. The second kappa shape index (κ2) is 8.54. The molecule has 0 bridgehead atoms. The molecule has 1 aliphatic rings. The quantitative estimate of drug-likeness (QED) is 0.615. The number of methoxy groups -OCH3 is 1. The number of hydrogen-bond donors (Lipinski definition) is 1. The maximum absolute atomic E-state index is 12.8. The van der Waals surface area contributed by atoms with Gasteiger partial charge >= 0.3 is 0 Å². The summed E-state index contributed by atoms with van der Waals surface area (Å²) < 4.78 is 4.92. The average Bonchev–Trinajstić information content (AvgIpc) is 2.61. The summed E-state index contributed by atoms with van der Waals surface area (Å²) in [5.74, 6) is -0.417. The Hall–Kier alpha value is -1.79. The van der Waals surface area contributed by atoms with Crippen LogP contribution in [-0.4, -0.2) is 63.2 Å². The summed E-state index contributed by atoms with van der Waals surface area (Å²) in [6.45, 7) is 6.76. The summed E-state index contributed by atoms with van der Waals surface area (Å²) in [4.78, 5) is 29.0. The van der Waals surface area contributed by atoms with Crippen LogP contribution in [0, 0.1) is 5.41 Å². The largest absolute Gasteiger partial charge is 0.383 e. The average molecular weight is 368 g/mol. The first-order chi connectivity index (χ1) is 11.9. The van der Waals surface area contributed by atoms with Crippen molar-refractivity contribution in [3.8, 4) is 0 Å². The van der Waals surface area contributed by atoms with E-state index >= 15 is 0 Å². The van der Waals surface area contributed by atoms with Crippen LogP contribution in [0.3, 0.4) is 0 Å². The number of halogens is 1. The molecule has 6 nitrogen and oxygen atoms in total. The van der Waals surface area contributed by atoms with E-state index in [0.717, 1.165) is 5.69 Å². The van der Waals surface area contributed by atoms with Gasteiger partial charge in [0.05, 0.1) is 6.61 Å². The van der Waals surface area contributed by atoms with Crippen LogP contribution >= 0.6 is 11.6 Å². The highest BCUT2D eigenvalue weighted by atomic mass is 35.5. The number of nitrogens with one attached hydrogen (secondary N) is 1. The molecule has 1 saturated heterocycles. The molecule has 0 atom stereocenters. The highest BCUT2D eigenvalue weighted by Crippen LogP contribution is 2.24. The molecule has 1 aliphatic heterocycles. The first-order valence-corrected chi connectivity index (χ1v) is 8.81. The zero-order valence-corrected chi connectivity index (χ0v) is 15.8. The summed E-state index contributed by atoms with van der Waals surface area (Å²) in [7, 11) is 1.57. The number of piperazine rings is 1. The van der Waals surface area contributed by atoms with Gasteiger partial charge < -0.3 is 19.9 Å². The van der Waals surface area contributed by atoms with Gasteiger partial charge in [-0.3, -0.25) is 9.59 Å². The Balaban J connectivity index is 1.92. The van der Waals surface area contributed by atoms with E-state index in [4.69, 9.17) is 16.3 Å². The fourth-order valence-electron chi connectivity index (χ4n) is 2.82. The molecule has 1 fully saturated rings. The number of hydrogen-bond acceptors (Lipinski definition) is 4. The molecule has 25 heavy (non-hydrogen) atoms. The lowest BCUT2D eigenvalue weighted by molar-refractivity contribution is -0.148. The number of ether oxygens (including phenoxy) is 1. The first-order valence-electron chi connectivity index (χ1n) is 8.43. The predicted octanol–water partition coefficient (Wildman–Crippen LogP) is 1.78. The van der Waals surface area contributed by atoms with Crippen molar-refractivity contribution in [2.45, 2.75) is 13.8 Å². The van der Waals surface area contributed by atoms with Crippen LogP contribution in [-0.2, 0) is 14.3 Å². The number of carbonyl (C=O) groups excluding carboxylic acids is 2. The molecule has 0 radical (unpaired) electrons. The minimum absolute atomic E-state index is 0.145. The standard InChI is InChI=1S/C18H26ClN3O3/c1-18(2,16(23)20-7-12-25-3)17(24)22-10-8-21(9-11-22)15-6-4-5-14(19)13-15/h4-6,13H,7-12H2,1-3H3,(H,20,23). The van der Waals surface area contributed by atoms with Gasteiger partial charge in [0.15, 0.2) is 0 Å². The molecule has 1 heterocycles. The van der Waals surface area contributed by atoms with Crippen LogP contribution in [0.1, 0.15) is 13.8 Å². The Labute approximate surface area is 154 Å². The van der Waals surface area contributed by atoms with Gasteiger partial charge in [0.2, 0.25) is 11.8 Å². The van der Waals surface area contributed by atoms with Crippen molar-refractivity contribution >= 4 is 29.1 Å². The van der Waals surface area contributed by atoms with E-state index in [0.29, 0.717) is 44.4 Å². The molecule has 0 saturated carbocycles. The minimum atomic E-state index is -1.09. The number of rotatable bonds is 6. The van der Waals surface area contributed by atoms with Crippen LogP contribution in [0.5, 0.6) is 0 Å². The highest BCUT2D eigenvalue weighted by molar-refractivity contribution is 6.30. The molecular weight excluding hydrogens is 342 g/mol. The van der Waals surface area contributed by atoms with E-state index in [2.05, 4.69) is 10.2 Å². The summed E-state index contributed by atoms with van der Waals surface area (Å²) in [6.07, 6.45) is 0. The van der Waals surface area contributed by atoms with Crippen molar-refractivity contribution in [1.82, 2.24) is 10.2 Å². The Kier molecular flexibility index (Phi) is 6.67. The van der Waals surface area contributed by atoms with Gasteiger partial charge in [-0.15, -0.1) is 0 Å². The number of nitrogens with zero attached hydrogens (tertiary/aromatic N) is 2. The van der Waals surface area contributed by atoms with E-state index in [1.807, 2.05) is 24.3 Å². The van der Waals surface area contributed by atoms with Gasteiger partial charge in [-0.05, 0) is 32.0 Å². The lowest BCUT2D eigenvalue weighted by atomic mass is 9.90. The maximum Gasteiger partial charge on any atom is 0.237 e. The second-order valence-electron chi connectivity index (χ2n) is 6.63. The Morgan fingerprint density at radius 2 is 1.92 bits per heavy atom. The number of carbonyl (C=O) groups is 2. The summed E-state index contributed by atoms with van der Waals surface area (Å²) in [5.41, 5.74) is -0.0393. The fraction of sp³-hybridized carbons (Fsp3) is 0.556. The molecule has 0 aromatic heterocycles. The smallest absolute Gasteiger partial charge is 0.237 e. The van der Waals surface area contributed by atoms with Gasteiger partial charge in [-0.25, -0.2) is 0 Å². The summed E-state index contributed by atoms with van der Waals surface area (Å²) in [6, 6.07) is 7.70. The van der Waals surface area contributed by atoms with Crippen LogP contribution in [0.15, 0.2) is 24.3 Å². The Bertz CT molecular complexity index is 613. The predicted molar refractivity (Wildman–Crippen MR) is 98.9 cm³/mol. The molecule has 0 spiro atoms. The van der Waals surface area contributed by atoms with Gasteiger partial charge in [0.25, 0.3) is 0 Å². The zero-order chi connectivity index (χ0) is 18.4. The van der Waals surface area contributed by atoms with Crippen LogP contribution in [0.25, 0.3) is 0 Å². The molecule has 138 valence electrons. The van der Waals surface area contributed by atoms with Gasteiger partial charge in [0, 0.05) is 50.5 Å². The van der Waals surface area contributed by atoms with Crippen molar-refractivity contribution in [1.29, 1.82) is 0 Å². The van der Waals surface area contributed by atoms with Crippen molar-refractivity contribution < 1.29 is 14.3 Å². The zero-order valence-electron chi connectivity index (χ0n) is 15.0. The Morgan fingerprint density at radius 1 is 1.24 bits per heavy atom. The monoisotopic (exact) mass is 367 g/mol. The topological polar surface area (TPSA) is 61.9 Å². The number of benzene rings is 1. The third-order valence-corrected chi connectivity index (χ3v) is 4.67. The molecule has 1 aromatic carbocycles. The lowest BCUT2D eigenvalue weighted by Gasteiger charge is -2.39. The van der Waals surface area contributed by atoms with Gasteiger partial charge in [0.1, 0.15) is 5.41 Å².